The van der Waals surface area contributed by atoms with E-state index in [4.69, 9.17) is 24.9 Å². The van der Waals surface area contributed by atoms with Gasteiger partial charge in [0.15, 0.2) is 0 Å². The Balaban J connectivity index is 2.26. The van der Waals surface area contributed by atoms with Crippen molar-refractivity contribution < 1.29 is 23.2 Å². The Labute approximate surface area is 106 Å². The van der Waals surface area contributed by atoms with E-state index in [0.29, 0.717) is 26.3 Å². The van der Waals surface area contributed by atoms with Crippen molar-refractivity contribution in [3.05, 3.63) is 0 Å². The average molecular weight is 282 g/mol. The van der Waals surface area contributed by atoms with E-state index in [0.717, 1.165) is 0 Å². The van der Waals surface area contributed by atoms with Crippen LogP contribution in [-0.4, -0.2) is 68.7 Å². The van der Waals surface area contributed by atoms with Gasteiger partial charge in [-0.15, -0.1) is 11.6 Å². The lowest BCUT2D eigenvalue weighted by Crippen LogP contribution is -2.63. The summed E-state index contributed by atoms with van der Waals surface area (Å²) in [5.41, 5.74) is 0.156. The Kier molecular flexibility index (Phi) is 4.06. The minimum Gasteiger partial charge on any atom is -0.480 e. The minimum atomic E-state index is -2.88. The first-order valence-corrected chi connectivity index (χ1v) is 8.03. The smallest absolute Gasteiger partial charge is 0.480 e. The van der Waals surface area contributed by atoms with E-state index in [1.807, 2.05) is 4.90 Å². The maximum absolute atomic E-state index is 11.3. The molecule has 3 saturated heterocycles. The number of hydrogen-bond acceptors (Lipinski definition) is 5. The summed E-state index contributed by atoms with van der Waals surface area (Å²) in [4.78, 5) is 13.1. The van der Waals surface area contributed by atoms with Crippen LogP contribution in [0.25, 0.3) is 0 Å². The number of carbonyl (C=O) groups is 1. The van der Waals surface area contributed by atoms with Crippen molar-refractivity contribution in [1.29, 1.82) is 0 Å². The molecule has 6 nitrogen and oxygen atoms in total. The summed E-state index contributed by atoms with van der Waals surface area (Å²) < 4.78 is 16.9. The highest BCUT2D eigenvalue weighted by molar-refractivity contribution is 6.69. The molecule has 0 aromatic carbocycles. The summed E-state index contributed by atoms with van der Waals surface area (Å²) in [6.07, 6.45) is -0.487. The number of rotatable bonds is 2. The lowest BCUT2D eigenvalue weighted by Gasteiger charge is -2.43. The monoisotopic (exact) mass is 281 g/mol. The topological polar surface area (TPSA) is 68.2 Å². The van der Waals surface area contributed by atoms with Crippen LogP contribution in [0.3, 0.4) is 0 Å². The summed E-state index contributed by atoms with van der Waals surface area (Å²) in [6.45, 7) is 3.66. The average Bonchev–Trinajstić information content (AvgIpc) is 2.20. The third-order valence-electron chi connectivity index (χ3n) is 3.02. The predicted molar refractivity (Wildman–Crippen MR) is 61.9 cm³/mol. The summed E-state index contributed by atoms with van der Waals surface area (Å²) in [7, 11) is -2.88. The largest absolute Gasteiger partial charge is 0.516 e. The SMILES string of the molecule is CC1O[Si]2(CCl)OCCN(CCO2)C1C(=O)O. The van der Waals surface area contributed by atoms with Gasteiger partial charge in [0, 0.05) is 13.1 Å². The first-order chi connectivity index (χ1) is 8.08. The van der Waals surface area contributed by atoms with Gasteiger partial charge in [0.25, 0.3) is 0 Å². The molecule has 17 heavy (non-hydrogen) atoms. The van der Waals surface area contributed by atoms with Crippen molar-refractivity contribution in [3.8, 4) is 0 Å². The molecule has 8 heteroatoms. The number of aliphatic carboxylic acids is 1. The summed E-state index contributed by atoms with van der Waals surface area (Å²) in [5, 5.41) is 9.27. The van der Waals surface area contributed by atoms with Crippen LogP contribution in [0.15, 0.2) is 0 Å². The van der Waals surface area contributed by atoms with Crippen LogP contribution in [-0.2, 0) is 18.1 Å². The fourth-order valence-electron chi connectivity index (χ4n) is 2.25. The fourth-order valence-corrected chi connectivity index (χ4v) is 4.84. The van der Waals surface area contributed by atoms with Gasteiger partial charge >= 0.3 is 14.8 Å². The van der Waals surface area contributed by atoms with Gasteiger partial charge in [-0.2, -0.15) is 0 Å². The van der Waals surface area contributed by atoms with Crippen LogP contribution in [0.4, 0.5) is 0 Å². The normalized spacial score (nSPS) is 42.6. The number of hydrogen-bond donors (Lipinski definition) is 1. The van der Waals surface area contributed by atoms with Gasteiger partial charge in [0.1, 0.15) is 6.04 Å². The number of nitrogens with zero attached hydrogens (tertiary/aromatic N) is 1. The van der Waals surface area contributed by atoms with E-state index in [9.17, 15) is 9.90 Å². The molecule has 3 heterocycles. The highest BCUT2D eigenvalue weighted by atomic mass is 35.5. The quantitative estimate of drug-likeness (QED) is 0.564. The lowest BCUT2D eigenvalue weighted by molar-refractivity contribution is -0.152. The summed E-state index contributed by atoms with van der Waals surface area (Å²) in [6, 6.07) is -0.655. The summed E-state index contributed by atoms with van der Waals surface area (Å²) in [5.74, 6) is -0.876. The van der Waals surface area contributed by atoms with E-state index in [-0.39, 0.29) is 5.50 Å². The second-order valence-electron chi connectivity index (χ2n) is 4.16. The zero-order valence-corrected chi connectivity index (χ0v) is 11.4. The molecule has 0 saturated carbocycles. The Hall–Kier alpha value is -0.183. The molecule has 0 aromatic rings. The number of carboxylic acid groups (broad SMARTS) is 1. The van der Waals surface area contributed by atoms with E-state index >= 15 is 0 Å². The van der Waals surface area contributed by atoms with Crippen molar-refractivity contribution in [2.24, 2.45) is 0 Å². The van der Waals surface area contributed by atoms with E-state index in [2.05, 4.69) is 0 Å². The highest BCUT2D eigenvalue weighted by Gasteiger charge is 2.49. The minimum absolute atomic E-state index is 0.156. The Bertz CT molecular complexity index is 295. The molecule has 0 amide bonds. The predicted octanol–water partition coefficient (Wildman–Crippen LogP) is -0.0760. The molecule has 98 valence electrons. The zero-order chi connectivity index (χ0) is 12.5. The maximum Gasteiger partial charge on any atom is 0.516 e. The molecule has 0 aliphatic carbocycles. The first-order valence-electron chi connectivity index (χ1n) is 5.56. The van der Waals surface area contributed by atoms with E-state index in [1.165, 1.54) is 0 Å². The maximum atomic E-state index is 11.3. The van der Waals surface area contributed by atoms with Gasteiger partial charge in [0.2, 0.25) is 0 Å². The van der Waals surface area contributed by atoms with Gasteiger partial charge < -0.3 is 18.4 Å². The molecule has 2 unspecified atom stereocenters. The molecule has 3 rings (SSSR count). The van der Waals surface area contributed by atoms with Crippen molar-refractivity contribution in [2.75, 3.05) is 31.8 Å². The molecule has 0 aromatic heterocycles. The van der Waals surface area contributed by atoms with Gasteiger partial charge in [-0.05, 0) is 6.92 Å². The molecule has 3 aliphatic rings. The second-order valence-corrected chi connectivity index (χ2v) is 7.40. The zero-order valence-electron chi connectivity index (χ0n) is 9.60. The van der Waals surface area contributed by atoms with Crippen LogP contribution >= 0.6 is 11.6 Å². The van der Waals surface area contributed by atoms with Crippen molar-refractivity contribution >= 4 is 26.4 Å². The third-order valence-corrected chi connectivity index (χ3v) is 6.35. The molecular formula is C9H16ClNO5Si. The van der Waals surface area contributed by atoms with Crippen molar-refractivity contribution in [1.82, 2.24) is 4.90 Å². The number of fused-ring (bicyclic) bond motifs is 6. The molecule has 3 fully saturated rings. The van der Waals surface area contributed by atoms with Crippen LogP contribution < -0.4 is 0 Å². The molecule has 0 radical (unpaired) electrons. The van der Waals surface area contributed by atoms with Crippen LogP contribution in [0, 0.1) is 0 Å². The molecule has 2 bridgehead atoms. The van der Waals surface area contributed by atoms with Crippen LogP contribution in [0.1, 0.15) is 6.92 Å². The first kappa shape index (κ1) is 13.3. The van der Waals surface area contributed by atoms with Gasteiger partial charge in [-0.25, -0.2) is 0 Å². The van der Waals surface area contributed by atoms with E-state index < -0.39 is 26.9 Å². The second kappa shape index (κ2) is 5.21. The molecule has 1 N–H and O–H groups in total. The van der Waals surface area contributed by atoms with Gasteiger partial charge in [-0.1, -0.05) is 0 Å². The number of halogens is 1. The highest BCUT2D eigenvalue weighted by Crippen LogP contribution is 2.24. The number of carboxylic acids is 1. The Morgan fingerprint density at radius 2 is 2.06 bits per heavy atom. The molecule has 2 atom stereocenters. The Morgan fingerprint density at radius 3 is 2.53 bits per heavy atom. The van der Waals surface area contributed by atoms with Crippen LogP contribution in [0.5, 0.6) is 0 Å². The third kappa shape index (κ3) is 2.64. The van der Waals surface area contributed by atoms with Crippen molar-refractivity contribution in [3.63, 3.8) is 0 Å². The van der Waals surface area contributed by atoms with Crippen LogP contribution in [0.2, 0.25) is 0 Å². The van der Waals surface area contributed by atoms with Gasteiger partial charge in [0.05, 0.1) is 24.8 Å². The number of alkyl halides is 1. The lowest BCUT2D eigenvalue weighted by atomic mass is 10.1. The summed E-state index contributed by atoms with van der Waals surface area (Å²) >= 11 is 5.88. The fraction of sp³-hybridized carbons (Fsp3) is 0.889. The van der Waals surface area contributed by atoms with Gasteiger partial charge in [-0.3, -0.25) is 9.69 Å². The molecular weight excluding hydrogens is 266 g/mol. The standard InChI is InChI=1S/C9H16ClNO5Si/c1-7-8(9(12)13)11-2-4-14-17(6-10,16-7)15-5-3-11/h7-8H,2-6H2,1H3,(H,12,13). The van der Waals surface area contributed by atoms with E-state index in [1.54, 1.807) is 6.92 Å². The van der Waals surface area contributed by atoms with Crippen molar-refractivity contribution in [2.45, 2.75) is 19.1 Å². The molecule has 0 spiro atoms. The molecule has 3 aliphatic heterocycles. The Morgan fingerprint density at radius 1 is 1.47 bits per heavy atom.